The summed E-state index contributed by atoms with van der Waals surface area (Å²) in [6.07, 6.45) is 1.67. The third-order valence-corrected chi connectivity index (χ3v) is 5.37. The summed E-state index contributed by atoms with van der Waals surface area (Å²) in [5.74, 6) is -0.0428. The molecule has 6 nitrogen and oxygen atoms in total. The standard InChI is InChI=1S/C21H27N3O3/c1-6-7-24-17-12-23(8-9-27-5)20(25)18(17)19(22-21(24)26)16-11-14(3)13(2)10-15(16)4/h6,10-11,19H,1,7-9,12H2,2-5H3,(H,22,26). The maximum atomic E-state index is 13.2. The lowest BCUT2D eigenvalue weighted by Crippen LogP contribution is -2.47. The predicted octanol–water partition coefficient (Wildman–Crippen LogP) is 2.61. The van der Waals surface area contributed by atoms with Crippen LogP contribution in [0.25, 0.3) is 0 Å². The Bertz CT molecular complexity index is 828. The van der Waals surface area contributed by atoms with Crippen LogP contribution in [0.2, 0.25) is 0 Å². The van der Waals surface area contributed by atoms with Gasteiger partial charge in [-0.2, -0.15) is 0 Å². The number of rotatable bonds is 6. The molecule has 2 aliphatic rings. The zero-order valence-electron chi connectivity index (χ0n) is 16.5. The molecule has 1 N–H and O–H groups in total. The molecule has 144 valence electrons. The number of amides is 3. The minimum absolute atomic E-state index is 0.0428. The van der Waals surface area contributed by atoms with Gasteiger partial charge in [0.2, 0.25) is 0 Å². The first kappa shape index (κ1) is 19.2. The van der Waals surface area contributed by atoms with Crippen LogP contribution in [0.3, 0.4) is 0 Å². The van der Waals surface area contributed by atoms with Crippen molar-refractivity contribution in [1.82, 2.24) is 15.1 Å². The van der Waals surface area contributed by atoms with Crippen LogP contribution in [0, 0.1) is 20.8 Å². The summed E-state index contributed by atoms with van der Waals surface area (Å²) < 4.78 is 5.14. The number of aryl methyl sites for hydroxylation is 3. The summed E-state index contributed by atoms with van der Waals surface area (Å²) in [5, 5.41) is 3.04. The van der Waals surface area contributed by atoms with Gasteiger partial charge in [0.15, 0.2) is 0 Å². The Labute approximate surface area is 160 Å². The van der Waals surface area contributed by atoms with Crippen LogP contribution >= 0.6 is 0 Å². The lowest BCUT2D eigenvalue weighted by atomic mass is 9.90. The van der Waals surface area contributed by atoms with Gasteiger partial charge in [-0.3, -0.25) is 9.69 Å². The van der Waals surface area contributed by atoms with Crippen molar-refractivity contribution in [3.05, 3.63) is 58.3 Å². The van der Waals surface area contributed by atoms with Crippen LogP contribution in [-0.4, -0.2) is 55.1 Å². The van der Waals surface area contributed by atoms with Gasteiger partial charge in [-0.25, -0.2) is 4.79 Å². The second kappa shape index (κ2) is 7.56. The van der Waals surface area contributed by atoms with Crippen molar-refractivity contribution in [2.75, 3.05) is 33.4 Å². The number of benzene rings is 1. The first-order chi connectivity index (χ1) is 12.9. The molecule has 3 amide bonds. The van der Waals surface area contributed by atoms with Gasteiger partial charge in [-0.15, -0.1) is 6.58 Å². The Hall–Kier alpha value is -2.60. The van der Waals surface area contributed by atoms with E-state index in [9.17, 15) is 9.59 Å². The van der Waals surface area contributed by atoms with Gasteiger partial charge in [-0.1, -0.05) is 18.2 Å². The van der Waals surface area contributed by atoms with Crippen molar-refractivity contribution in [3.8, 4) is 0 Å². The number of hydrogen-bond donors (Lipinski definition) is 1. The number of urea groups is 1. The van der Waals surface area contributed by atoms with Crippen LogP contribution < -0.4 is 5.32 Å². The van der Waals surface area contributed by atoms with E-state index in [0.29, 0.717) is 31.8 Å². The Kier molecular flexibility index (Phi) is 5.37. The van der Waals surface area contributed by atoms with E-state index < -0.39 is 6.04 Å². The van der Waals surface area contributed by atoms with Gasteiger partial charge in [0.1, 0.15) is 0 Å². The molecule has 0 bridgehead atoms. The number of carbonyl (C=O) groups is 2. The number of nitrogens with one attached hydrogen (secondary N) is 1. The van der Waals surface area contributed by atoms with E-state index in [2.05, 4.69) is 31.0 Å². The quantitative estimate of drug-likeness (QED) is 0.784. The molecule has 27 heavy (non-hydrogen) atoms. The molecule has 0 radical (unpaired) electrons. The zero-order chi connectivity index (χ0) is 19.7. The van der Waals surface area contributed by atoms with Crippen molar-refractivity contribution in [3.63, 3.8) is 0 Å². The first-order valence-electron chi connectivity index (χ1n) is 9.17. The largest absolute Gasteiger partial charge is 0.383 e. The first-order valence-corrected chi connectivity index (χ1v) is 9.17. The molecule has 1 atom stereocenters. The maximum Gasteiger partial charge on any atom is 0.322 e. The molecule has 0 spiro atoms. The Morgan fingerprint density at radius 1 is 1.22 bits per heavy atom. The zero-order valence-corrected chi connectivity index (χ0v) is 16.5. The topological polar surface area (TPSA) is 61.9 Å². The summed E-state index contributed by atoms with van der Waals surface area (Å²) >= 11 is 0. The summed E-state index contributed by atoms with van der Waals surface area (Å²) in [6, 6.07) is 3.55. The van der Waals surface area contributed by atoms with E-state index in [0.717, 1.165) is 22.4 Å². The van der Waals surface area contributed by atoms with Crippen LogP contribution in [0.4, 0.5) is 4.79 Å². The smallest absolute Gasteiger partial charge is 0.322 e. The molecule has 0 fully saturated rings. The Balaban J connectivity index is 2.07. The number of hydrogen-bond acceptors (Lipinski definition) is 3. The normalized spacial score (nSPS) is 19.5. The highest BCUT2D eigenvalue weighted by atomic mass is 16.5. The van der Waals surface area contributed by atoms with E-state index in [4.69, 9.17) is 4.74 Å². The monoisotopic (exact) mass is 369 g/mol. The van der Waals surface area contributed by atoms with E-state index in [1.54, 1.807) is 23.0 Å². The number of methoxy groups -OCH3 is 1. The van der Waals surface area contributed by atoms with Gasteiger partial charge >= 0.3 is 6.03 Å². The number of carbonyl (C=O) groups excluding carboxylic acids is 2. The van der Waals surface area contributed by atoms with Gasteiger partial charge in [0, 0.05) is 20.2 Å². The third kappa shape index (κ3) is 3.37. The Morgan fingerprint density at radius 3 is 2.59 bits per heavy atom. The van der Waals surface area contributed by atoms with Crippen LogP contribution in [0.5, 0.6) is 0 Å². The fraction of sp³-hybridized carbons (Fsp3) is 0.429. The van der Waals surface area contributed by atoms with Gasteiger partial charge < -0.3 is 15.0 Å². The molecule has 0 aliphatic carbocycles. The molecule has 3 rings (SSSR count). The second-order valence-electron chi connectivity index (χ2n) is 7.15. The lowest BCUT2D eigenvalue weighted by molar-refractivity contribution is -0.126. The summed E-state index contributed by atoms with van der Waals surface area (Å²) in [6.45, 7) is 11.6. The number of nitrogens with zero attached hydrogens (tertiary/aromatic N) is 2. The van der Waals surface area contributed by atoms with Gasteiger partial charge in [0.25, 0.3) is 5.91 Å². The van der Waals surface area contributed by atoms with Crippen molar-refractivity contribution < 1.29 is 14.3 Å². The fourth-order valence-corrected chi connectivity index (χ4v) is 3.78. The summed E-state index contributed by atoms with van der Waals surface area (Å²) in [7, 11) is 1.62. The molecule has 0 saturated heterocycles. The van der Waals surface area contributed by atoms with Crippen molar-refractivity contribution in [2.24, 2.45) is 0 Å². The minimum Gasteiger partial charge on any atom is -0.383 e. The highest BCUT2D eigenvalue weighted by molar-refractivity contribution is 6.01. The van der Waals surface area contributed by atoms with Crippen LogP contribution in [0.15, 0.2) is 36.1 Å². The van der Waals surface area contributed by atoms with Crippen molar-refractivity contribution >= 4 is 11.9 Å². The lowest BCUT2D eigenvalue weighted by Gasteiger charge is -2.33. The van der Waals surface area contributed by atoms with Crippen LogP contribution in [0.1, 0.15) is 28.3 Å². The molecule has 1 unspecified atom stereocenters. The SMILES string of the molecule is C=CCN1C(=O)NC(c2cc(C)c(C)cc2C)C2=C1CN(CCOC)C2=O. The molecule has 2 aliphatic heterocycles. The molecule has 0 aromatic heterocycles. The van der Waals surface area contributed by atoms with E-state index >= 15 is 0 Å². The molecule has 1 aromatic carbocycles. The minimum atomic E-state index is -0.437. The van der Waals surface area contributed by atoms with E-state index in [-0.39, 0.29) is 11.9 Å². The summed E-state index contributed by atoms with van der Waals surface area (Å²) in [4.78, 5) is 29.3. The second-order valence-corrected chi connectivity index (χ2v) is 7.15. The van der Waals surface area contributed by atoms with Crippen molar-refractivity contribution in [1.29, 1.82) is 0 Å². The van der Waals surface area contributed by atoms with E-state index in [1.807, 2.05) is 13.8 Å². The van der Waals surface area contributed by atoms with Crippen LogP contribution in [-0.2, 0) is 9.53 Å². The summed E-state index contributed by atoms with van der Waals surface area (Å²) in [5.41, 5.74) is 5.79. The molecular formula is C21H27N3O3. The number of ether oxygens (including phenoxy) is 1. The highest BCUT2D eigenvalue weighted by Gasteiger charge is 2.43. The van der Waals surface area contributed by atoms with Gasteiger partial charge in [0.05, 0.1) is 30.5 Å². The Morgan fingerprint density at radius 2 is 1.93 bits per heavy atom. The fourth-order valence-electron chi connectivity index (χ4n) is 3.78. The van der Waals surface area contributed by atoms with Crippen molar-refractivity contribution in [2.45, 2.75) is 26.8 Å². The molecular weight excluding hydrogens is 342 g/mol. The average molecular weight is 369 g/mol. The predicted molar refractivity (Wildman–Crippen MR) is 104 cm³/mol. The highest BCUT2D eigenvalue weighted by Crippen LogP contribution is 2.37. The van der Waals surface area contributed by atoms with E-state index in [1.165, 1.54) is 5.56 Å². The third-order valence-electron chi connectivity index (χ3n) is 5.37. The molecule has 2 heterocycles. The molecule has 6 heteroatoms. The molecule has 0 saturated carbocycles. The molecule has 1 aromatic rings. The average Bonchev–Trinajstić information content (AvgIpc) is 2.95. The maximum absolute atomic E-state index is 13.2. The van der Waals surface area contributed by atoms with Gasteiger partial charge in [-0.05, 0) is 43.0 Å².